The molecule has 31 heavy (non-hydrogen) atoms. The van der Waals surface area contributed by atoms with Gasteiger partial charge < -0.3 is 14.6 Å². The van der Waals surface area contributed by atoms with Crippen molar-refractivity contribution < 1.29 is 14.1 Å². The molecule has 4 aromatic rings. The molecule has 2 aromatic heterocycles. The van der Waals surface area contributed by atoms with E-state index in [0.29, 0.717) is 35.1 Å². The number of hydrogen-bond donors (Lipinski definition) is 1. The van der Waals surface area contributed by atoms with Crippen molar-refractivity contribution in [1.29, 1.82) is 0 Å². The Balaban J connectivity index is 1.50. The normalized spacial score (nSPS) is 10.6. The molecule has 0 saturated carbocycles. The van der Waals surface area contributed by atoms with Crippen LogP contribution in [-0.4, -0.2) is 27.6 Å². The Kier molecular flexibility index (Phi) is 6.32. The van der Waals surface area contributed by atoms with Crippen molar-refractivity contribution in [3.63, 3.8) is 0 Å². The second-order valence-corrected chi connectivity index (χ2v) is 6.89. The third kappa shape index (κ3) is 4.95. The largest absolute Gasteiger partial charge is 0.494 e. The molecule has 0 fully saturated rings. The predicted octanol–water partition coefficient (Wildman–Crippen LogP) is 5.23. The molecule has 156 valence electrons. The number of carbonyl (C=O) groups is 1. The molecule has 7 nitrogen and oxygen atoms in total. The quantitative estimate of drug-likeness (QED) is 0.397. The van der Waals surface area contributed by atoms with Gasteiger partial charge in [-0.2, -0.15) is 4.98 Å². The van der Waals surface area contributed by atoms with Crippen molar-refractivity contribution in [1.82, 2.24) is 15.1 Å². The number of carbonyl (C=O) groups excluding carboxylic acids is 1. The molecule has 0 aliphatic heterocycles. The lowest BCUT2D eigenvalue weighted by Crippen LogP contribution is -2.12. The highest BCUT2D eigenvalue weighted by Gasteiger charge is 2.16. The summed E-state index contributed by atoms with van der Waals surface area (Å²) < 4.78 is 11.1. The summed E-state index contributed by atoms with van der Waals surface area (Å²) in [4.78, 5) is 21.2. The fraction of sp³-hybridized carbons (Fsp3) is 0.167. The van der Waals surface area contributed by atoms with Crippen LogP contribution in [0.4, 0.5) is 5.69 Å². The van der Waals surface area contributed by atoms with Crippen molar-refractivity contribution in [2.75, 3.05) is 11.9 Å². The summed E-state index contributed by atoms with van der Waals surface area (Å²) >= 11 is 0. The average Bonchev–Trinajstić information content (AvgIpc) is 3.31. The first-order valence-electron chi connectivity index (χ1n) is 10.1. The number of amides is 1. The number of para-hydroxylation sites is 1. The molecule has 0 radical (unpaired) electrons. The average molecular weight is 414 g/mol. The first kappa shape index (κ1) is 20.3. The highest BCUT2D eigenvalue weighted by molar-refractivity contribution is 6.06. The lowest BCUT2D eigenvalue weighted by molar-refractivity contribution is 0.102. The maximum Gasteiger partial charge on any atom is 0.260 e. The topological polar surface area (TPSA) is 90.1 Å². The Morgan fingerprint density at radius 1 is 1.03 bits per heavy atom. The van der Waals surface area contributed by atoms with E-state index in [-0.39, 0.29) is 5.91 Å². The summed E-state index contributed by atoms with van der Waals surface area (Å²) in [6.45, 7) is 2.78. The lowest BCUT2D eigenvalue weighted by atomic mass is 10.1. The maximum atomic E-state index is 12.8. The highest BCUT2D eigenvalue weighted by Crippen LogP contribution is 2.28. The van der Waals surface area contributed by atoms with Gasteiger partial charge in [0.1, 0.15) is 5.75 Å². The molecule has 4 rings (SSSR count). The minimum absolute atomic E-state index is 0.235. The van der Waals surface area contributed by atoms with E-state index in [4.69, 9.17) is 9.26 Å². The summed E-state index contributed by atoms with van der Waals surface area (Å²) in [6, 6.07) is 18.0. The van der Waals surface area contributed by atoms with E-state index in [9.17, 15) is 4.79 Å². The summed E-state index contributed by atoms with van der Waals surface area (Å²) in [5, 5.41) is 6.97. The molecule has 0 saturated heterocycles. The zero-order chi connectivity index (χ0) is 21.5. The monoisotopic (exact) mass is 414 g/mol. The Bertz CT molecular complexity index is 1140. The lowest BCUT2D eigenvalue weighted by Gasteiger charge is -2.09. The number of anilines is 1. The minimum atomic E-state index is -0.235. The highest BCUT2D eigenvalue weighted by atomic mass is 16.5. The van der Waals surface area contributed by atoms with Gasteiger partial charge >= 0.3 is 0 Å². The first-order chi connectivity index (χ1) is 15.2. The van der Waals surface area contributed by atoms with Crippen molar-refractivity contribution in [2.24, 2.45) is 0 Å². The number of benzene rings is 2. The molecule has 2 heterocycles. The van der Waals surface area contributed by atoms with E-state index in [1.54, 1.807) is 54.9 Å². The summed E-state index contributed by atoms with van der Waals surface area (Å²) in [5.41, 5.74) is 2.55. The zero-order valence-corrected chi connectivity index (χ0v) is 17.1. The number of nitrogens with zero attached hydrogens (tertiary/aromatic N) is 3. The van der Waals surface area contributed by atoms with Crippen molar-refractivity contribution in [3.8, 4) is 28.6 Å². The third-order valence-corrected chi connectivity index (χ3v) is 4.65. The minimum Gasteiger partial charge on any atom is -0.494 e. The van der Waals surface area contributed by atoms with Gasteiger partial charge in [0, 0.05) is 23.5 Å². The summed E-state index contributed by atoms with van der Waals surface area (Å²) in [6.07, 6.45) is 5.40. The van der Waals surface area contributed by atoms with Gasteiger partial charge in [-0.3, -0.25) is 9.78 Å². The predicted molar refractivity (Wildman–Crippen MR) is 118 cm³/mol. The number of nitrogens with one attached hydrogen (secondary N) is 1. The Hall–Kier alpha value is -4.00. The standard InChI is InChI=1S/C24H22N4O3/c1-2-3-16-30-19-10-8-18(9-11-19)23(29)26-21-7-5-4-6-20(21)24-27-22(28-31-24)17-12-14-25-15-13-17/h4-15H,2-3,16H2,1H3,(H,26,29). The molecule has 0 spiro atoms. The van der Waals surface area contributed by atoms with Crippen LogP contribution in [0.15, 0.2) is 77.6 Å². The van der Waals surface area contributed by atoms with Gasteiger partial charge in [0.15, 0.2) is 0 Å². The molecule has 2 aromatic carbocycles. The zero-order valence-electron chi connectivity index (χ0n) is 17.1. The molecule has 0 unspecified atom stereocenters. The van der Waals surface area contributed by atoms with Gasteiger partial charge in [0.05, 0.1) is 17.9 Å². The SMILES string of the molecule is CCCCOc1ccc(C(=O)Nc2ccccc2-c2nc(-c3ccncc3)no2)cc1. The molecule has 0 bridgehead atoms. The maximum absolute atomic E-state index is 12.8. The number of rotatable bonds is 8. The Labute approximate surface area is 180 Å². The van der Waals surface area contributed by atoms with E-state index in [1.807, 2.05) is 18.2 Å². The summed E-state index contributed by atoms with van der Waals surface area (Å²) in [5.74, 6) is 1.29. The van der Waals surface area contributed by atoms with Gasteiger partial charge in [0.2, 0.25) is 5.82 Å². The van der Waals surface area contributed by atoms with Crippen LogP contribution in [0, 0.1) is 0 Å². The second kappa shape index (κ2) is 9.67. The fourth-order valence-electron chi connectivity index (χ4n) is 2.96. The van der Waals surface area contributed by atoms with E-state index >= 15 is 0 Å². The molecule has 0 aliphatic rings. The number of pyridine rings is 1. The molecule has 0 atom stereocenters. The van der Waals surface area contributed by atoms with Gasteiger partial charge in [0.25, 0.3) is 11.8 Å². The van der Waals surface area contributed by atoms with Crippen LogP contribution < -0.4 is 10.1 Å². The Morgan fingerprint density at radius 2 is 1.81 bits per heavy atom. The molecule has 0 aliphatic carbocycles. The van der Waals surface area contributed by atoms with Gasteiger partial charge in [-0.05, 0) is 55.0 Å². The van der Waals surface area contributed by atoms with Gasteiger partial charge in [-0.15, -0.1) is 0 Å². The van der Waals surface area contributed by atoms with E-state index in [2.05, 4.69) is 27.4 Å². The number of hydrogen-bond acceptors (Lipinski definition) is 6. The number of unbranched alkanes of at least 4 members (excludes halogenated alkanes) is 1. The smallest absolute Gasteiger partial charge is 0.260 e. The van der Waals surface area contributed by atoms with Gasteiger partial charge in [-0.1, -0.05) is 30.6 Å². The van der Waals surface area contributed by atoms with Crippen LogP contribution >= 0.6 is 0 Å². The molecule has 1 N–H and O–H groups in total. The van der Waals surface area contributed by atoms with Crippen molar-refractivity contribution in [2.45, 2.75) is 19.8 Å². The summed E-state index contributed by atoms with van der Waals surface area (Å²) in [7, 11) is 0. The first-order valence-corrected chi connectivity index (χ1v) is 10.1. The van der Waals surface area contributed by atoms with E-state index in [0.717, 1.165) is 24.2 Å². The third-order valence-electron chi connectivity index (χ3n) is 4.65. The van der Waals surface area contributed by atoms with Crippen LogP contribution in [0.5, 0.6) is 5.75 Å². The molecule has 7 heteroatoms. The van der Waals surface area contributed by atoms with E-state index in [1.165, 1.54) is 0 Å². The van der Waals surface area contributed by atoms with Gasteiger partial charge in [-0.25, -0.2) is 0 Å². The van der Waals surface area contributed by atoms with Crippen LogP contribution in [0.1, 0.15) is 30.1 Å². The number of aromatic nitrogens is 3. The van der Waals surface area contributed by atoms with Crippen LogP contribution in [0.25, 0.3) is 22.8 Å². The molecular weight excluding hydrogens is 392 g/mol. The van der Waals surface area contributed by atoms with Crippen molar-refractivity contribution in [3.05, 3.63) is 78.6 Å². The molecular formula is C24H22N4O3. The second-order valence-electron chi connectivity index (χ2n) is 6.89. The molecule has 1 amide bonds. The Morgan fingerprint density at radius 3 is 2.58 bits per heavy atom. The van der Waals surface area contributed by atoms with Crippen LogP contribution in [0.2, 0.25) is 0 Å². The van der Waals surface area contributed by atoms with Crippen molar-refractivity contribution >= 4 is 11.6 Å². The van der Waals surface area contributed by atoms with E-state index < -0.39 is 0 Å². The van der Waals surface area contributed by atoms with Crippen LogP contribution in [0.3, 0.4) is 0 Å². The number of ether oxygens (including phenoxy) is 1. The van der Waals surface area contributed by atoms with Crippen LogP contribution in [-0.2, 0) is 0 Å². The fourth-order valence-corrected chi connectivity index (χ4v) is 2.96.